The lowest BCUT2D eigenvalue weighted by Gasteiger charge is -2.34. The summed E-state index contributed by atoms with van der Waals surface area (Å²) in [4.78, 5) is 13.2. The Morgan fingerprint density at radius 1 is 1.13 bits per heavy atom. The van der Waals surface area contributed by atoms with Crippen molar-refractivity contribution in [1.29, 1.82) is 0 Å². The van der Waals surface area contributed by atoms with Gasteiger partial charge in [-0.2, -0.15) is 0 Å². The van der Waals surface area contributed by atoms with Crippen molar-refractivity contribution in [2.45, 2.75) is 44.8 Å². The van der Waals surface area contributed by atoms with Gasteiger partial charge in [0, 0.05) is 6.61 Å². The van der Waals surface area contributed by atoms with Gasteiger partial charge in [-0.05, 0) is 66.6 Å². The Balaban J connectivity index is 1.86. The van der Waals surface area contributed by atoms with Crippen molar-refractivity contribution >= 4 is 34.6 Å². The van der Waals surface area contributed by atoms with E-state index in [9.17, 15) is 9.90 Å². The Kier molecular flexibility index (Phi) is 5.95. The Labute approximate surface area is 186 Å². The van der Waals surface area contributed by atoms with Gasteiger partial charge in [0.15, 0.2) is 5.78 Å². The highest BCUT2D eigenvalue weighted by molar-refractivity contribution is 6.42. The van der Waals surface area contributed by atoms with Crippen LogP contribution in [-0.4, -0.2) is 35.8 Å². The summed E-state index contributed by atoms with van der Waals surface area (Å²) < 4.78 is 11.6. The lowest BCUT2D eigenvalue weighted by Crippen LogP contribution is -2.43. The second-order valence-electron chi connectivity index (χ2n) is 7.72. The molecule has 0 amide bonds. The number of Topliss-reactive ketones (excluding diaryl/α,β-unsaturated/α-hetero) is 1. The maximum absolute atomic E-state index is 13.2. The number of hydrogen-bond donors (Lipinski definition) is 1. The van der Waals surface area contributed by atoms with E-state index in [-0.39, 0.29) is 18.1 Å². The molecule has 2 atom stereocenters. The molecule has 0 spiro atoms. The van der Waals surface area contributed by atoms with Crippen LogP contribution in [-0.2, 0) is 20.7 Å². The Morgan fingerprint density at radius 3 is 2.57 bits per heavy atom. The predicted molar refractivity (Wildman–Crippen MR) is 119 cm³/mol. The van der Waals surface area contributed by atoms with Gasteiger partial charge in [0.1, 0.15) is 17.5 Å². The first kappa shape index (κ1) is 21.4. The summed E-state index contributed by atoms with van der Waals surface area (Å²) >= 11 is 12.3. The standard InChI is InChI=1S/C24H24Cl2O4/c1-3-14-5-6-15(16-7-8-18(25)19(26)12-16)11-17(14)21-22(27)20-9-10-24(30-20,23(21)28)13-29-4-2/h5-8,11-12,20,28H,3-4,9-10,13H2,1-2H3/t20-,24-/m0/s1. The van der Waals surface area contributed by atoms with Crippen molar-refractivity contribution in [1.82, 2.24) is 0 Å². The SMILES string of the molecule is CCOC[C@]12CC[C@H](O1)C(=O)C(c1cc(-c3ccc(Cl)c(Cl)c3)ccc1CC)=C2O. The zero-order valence-electron chi connectivity index (χ0n) is 17.0. The molecule has 158 valence electrons. The number of aliphatic hydroxyl groups is 1. The largest absolute Gasteiger partial charge is 0.508 e. The Morgan fingerprint density at radius 2 is 1.87 bits per heavy atom. The Hall–Kier alpha value is -1.85. The van der Waals surface area contributed by atoms with Gasteiger partial charge in [-0.3, -0.25) is 4.79 Å². The molecule has 2 aromatic carbocycles. The molecule has 2 aliphatic heterocycles. The van der Waals surface area contributed by atoms with E-state index in [2.05, 4.69) is 0 Å². The number of aliphatic hydroxyl groups excluding tert-OH is 1. The molecular formula is C24H24Cl2O4. The minimum atomic E-state index is -0.950. The van der Waals surface area contributed by atoms with Gasteiger partial charge >= 0.3 is 0 Å². The van der Waals surface area contributed by atoms with Gasteiger partial charge in [-0.25, -0.2) is 0 Å². The molecule has 2 bridgehead atoms. The van der Waals surface area contributed by atoms with Crippen LogP contribution in [0.15, 0.2) is 42.2 Å². The number of aryl methyl sites for hydroxylation is 1. The summed E-state index contributed by atoms with van der Waals surface area (Å²) in [5.41, 5.74) is 2.91. The number of hydrogen-bond acceptors (Lipinski definition) is 4. The first-order chi connectivity index (χ1) is 14.4. The molecular weight excluding hydrogens is 423 g/mol. The highest BCUT2D eigenvalue weighted by atomic mass is 35.5. The molecule has 0 aliphatic carbocycles. The summed E-state index contributed by atoms with van der Waals surface area (Å²) in [5.74, 6) is -0.186. The zero-order chi connectivity index (χ0) is 21.5. The van der Waals surface area contributed by atoms with Gasteiger partial charge in [-0.1, -0.05) is 48.3 Å². The molecule has 0 aromatic heterocycles. The number of fused-ring (bicyclic) bond motifs is 2. The molecule has 2 aromatic rings. The lowest BCUT2D eigenvalue weighted by molar-refractivity contribution is -0.138. The number of ketones is 1. The molecule has 6 heteroatoms. The molecule has 0 unspecified atom stereocenters. The maximum atomic E-state index is 13.2. The number of ether oxygens (including phenoxy) is 2. The molecule has 0 saturated carbocycles. The fraction of sp³-hybridized carbons (Fsp3) is 0.375. The van der Waals surface area contributed by atoms with E-state index in [1.165, 1.54) is 0 Å². The summed E-state index contributed by atoms with van der Waals surface area (Å²) in [7, 11) is 0. The van der Waals surface area contributed by atoms with Crippen molar-refractivity contribution in [2.75, 3.05) is 13.2 Å². The van der Waals surface area contributed by atoms with Gasteiger partial charge in [0.05, 0.1) is 22.2 Å². The number of carbonyl (C=O) groups is 1. The quantitative estimate of drug-likeness (QED) is 0.588. The van der Waals surface area contributed by atoms with E-state index >= 15 is 0 Å². The van der Waals surface area contributed by atoms with Crippen LogP contribution in [0.25, 0.3) is 16.7 Å². The van der Waals surface area contributed by atoms with Crippen molar-refractivity contribution in [3.63, 3.8) is 0 Å². The molecule has 2 heterocycles. The van der Waals surface area contributed by atoms with Crippen molar-refractivity contribution < 1.29 is 19.4 Å². The molecule has 2 aliphatic rings. The van der Waals surface area contributed by atoms with E-state index < -0.39 is 11.7 Å². The number of halogens is 2. The van der Waals surface area contributed by atoms with Crippen LogP contribution in [0.2, 0.25) is 10.0 Å². The zero-order valence-corrected chi connectivity index (χ0v) is 18.5. The van der Waals surface area contributed by atoms with Gasteiger partial charge < -0.3 is 14.6 Å². The minimum absolute atomic E-state index is 0.0179. The summed E-state index contributed by atoms with van der Waals surface area (Å²) in [6, 6.07) is 11.4. The monoisotopic (exact) mass is 446 g/mol. The summed E-state index contributed by atoms with van der Waals surface area (Å²) in [6.07, 6.45) is 1.32. The van der Waals surface area contributed by atoms with Crippen LogP contribution in [0.3, 0.4) is 0 Å². The summed E-state index contributed by atoms with van der Waals surface area (Å²) in [5, 5.41) is 12.2. The van der Waals surface area contributed by atoms with E-state index in [1.54, 1.807) is 12.1 Å². The number of carbonyl (C=O) groups excluding carboxylic acids is 1. The van der Waals surface area contributed by atoms with E-state index in [0.717, 1.165) is 28.7 Å². The van der Waals surface area contributed by atoms with Gasteiger partial charge in [-0.15, -0.1) is 0 Å². The van der Waals surface area contributed by atoms with Crippen LogP contribution < -0.4 is 0 Å². The normalized spacial score (nSPS) is 23.3. The van der Waals surface area contributed by atoms with Crippen LogP contribution in [0.4, 0.5) is 0 Å². The first-order valence-electron chi connectivity index (χ1n) is 10.2. The number of rotatable bonds is 6. The molecule has 4 nitrogen and oxygen atoms in total. The average Bonchev–Trinajstić information content (AvgIpc) is 3.16. The van der Waals surface area contributed by atoms with E-state index in [0.29, 0.717) is 35.1 Å². The fourth-order valence-corrected chi connectivity index (χ4v) is 4.59. The predicted octanol–water partition coefficient (Wildman–Crippen LogP) is 6.03. The molecule has 30 heavy (non-hydrogen) atoms. The maximum Gasteiger partial charge on any atom is 0.195 e. The average molecular weight is 447 g/mol. The van der Waals surface area contributed by atoms with Crippen LogP contribution >= 0.6 is 23.2 Å². The summed E-state index contributed by atoms with van der Waals surface area (Å²) in [6.45, 7) is 4.67. The van der Waals surface area contributed by atoms with Crippen LogP contribution in [0.5, 0.6) is 0 Å². The van der Waals surface area contributed by atoms with Crippen LogP contribution in [0.1, 0.15) is 37.8 Å². The molecule has 1 saturated heterocycles. The molecule has 4 rings (SSSR count). The third-order valence-corrected chi connectivity index (χ3v) is 6.68. The number of benzene rings is 2. The first-order valence-corrected chi connectivity index (χ1v) is 11.0. The van der Waals surface area contributed by atoms with Crippen LogP contribution in [0, 0.1) is 0 Å². The second kappa shape index (κ2) is 8.35. The van der Waals surface area contributed by atoms with E-state index in [1.807, 2.05) is 38.1 Å². The lowest BCUT2D eigenvalue weighted by atomic mass is 9.86. The molecule has 1 fully saturated rings. The highest BCUT2D eigenvalue weighted by Crippen LogP contribution is 2.46. The van der Waals surface area contributed by atoms with Crippen molar-refractivity contribution in [2.24, 2.45) is 0 Å². The fourth-order valence-electron chi connectivity index (χ4n) is 4.29. The van der Waals surface area contributed by atoms with Gasteiger partial charge in [0.2, 0.25) is 0 Å². The highest BCUT2D eigenvalue weighted by Gasteiger charge is 2.53. The second-order valence-corrected chi connectivity index (χ2v) is 8.53. The minimum Gasteiger partial charge on any atom is -0.508 e. The third kappa shape index (κ3) is 3.56. The Bertz CT molecular complexity index is 1030. The van der Waals surface area contributed by atoms with Crippen molar-refractivity contribution in [3.05, 3.63) is 63.3 Å². The van der Waals surface area contributed by atoms with E-state index in [4.69, 9.17) is 32.7 Å². The van der Waals surface area contributed by atoms with Gasteiger partial charge in [0.25, 0.3) is 0 Å². The smallest absolute Gasteiger partial charge is 0.195 e. The molecule has 0 radical (unpaired) electrons. The molecule has 1 N–H and O–H groups in total. The van der Waals surface area contributed by atoms with Crippen molar-refractivity contribution in [3.8, 4) is 11.1 Å². The topological polar surface area (TPSA) is 55.8 Å². The third-order valence-electron chi connectivity index (χ3n) is 5.94.